The minimum Gasteiger partial charge on any atom is -0.355 e. The van der Waals surface area contributed by atoms with Crippen LogP contribution in [0.15, 0.2) is 35.1 Å². The maximum absolute atomic E-state index is 13.2. The smallest absolute Gasteiger partial charge is 0.239 e. The van der Waals surface area contributed by atoms with Crippen molar-refractivity contribution in [2.24, 2.45) is 0 Å². The number of benzene rings is 1. The van der Waals surface area contributed by atoms with Gasteiger partial charge in [0.2, 0.25) is 5.91 Å². The molecule has 0 spiro atoms. The summed E-state index contributed by atoms with van der Waals surface area (Å²) >= 11 is 3.14. The SMILES string of the molecule is CCNC(=O)Cn1ccnc1-c1ccc(F)c(Br)c1. The van der Waals surface area contributed by atoms with E-state index < -0.39 is 0 Å². The number of nitrogens with zero attached hydrogens (tertiary/aromatic N) is 2. The van der Waals surface area contributed by atoms with Crippen LogP contribution >= 0.6 is 15.9 Å². The van der Waals surface area contributed by atoms with Gasteiger partial charge in [0.15, 0.2) is 0 Å². The fraction of sp³-hybridized carbons (Fsp3) is 0.231. The fourth-order valence-electron chi connectivity index (χ4n) is 1.74. The number of carbonyl (C=O) groups is 1. The van der Waals surface area contributed by atoms with Gasteiger partial charge in [-0.25, -0.2) is 9.37 Å². The molecule has 0 radical (unpaired) electrons. The Bertz CT molecular complexity index is 597. The minimum absolute atomic E-state index is 0.0806. The lowest BCUT2D eigenvalue weighted by Crippen LogP contribution is -2.27. The second kappa shape index (κ2) is 5.97. The van der Waals surface area contributed by atoms with Crippen molar-refractivity contribution < 1.29 is 9.18 Å². The number of halogens is 2. The van der Waals surface area contributed by atoms with E-state index in [1.807, 2.05) is 6.92 Å². The second-order valence-corrected chi connectivity index (χ2v) is 4.82. The van der Waals surface area contributed by atoms with Crippen LogP contribution in [-0.2, 0) is 11.3 Å². The second-order valence-electron chi connectivity index (χ2n) is 3.96. The third-order valence-corrected chi connectivity index (χ3v) is 3.19. The summed E-state index contributed by atoms with van der Waals surface area (Å²) in [4.78, 5) is 15.8. The number of rotatable bonds is 4. The van der Waals surface area contributed by atoms with Crippen molar-refractivity contribution in [1.82, 2.24) is 14.9 Å². The number of carbonyl (C=O) groups excluding carboxylic acids is 1. The van der Waals surface area contributed by atoms with E-state index in [0.717, 1.165) is 5.56 Å². The van der Waals surface area contributed by atoms with Crippen LogP contribution in [-0.4, -0.2) is 22.0 Å². The molecule has 6 heteroatoms. The molecule has 2 aromatic rings. The van der Waals surface area contributed by atoms with Gasteiger partial charge in [-0.2, -0.15) is 0 Å². The Morgan fingerprint density at radius 1 is 1.53 bits per heavy atom. The van der Waals surface area contributed by atoms with E-state index >= 15 is 0 Å². The Morgan fingerprint density at radius 2 is 2.32 bits per heavy atom. The van der Waals surface area contributed by atoms with Gasteiger partial charge in [-0.3, -0.25) is 4.79 Å². The first-order chi connectivity index (χ1) is 9.11. The molecule has 0 aliphatic rings. The van der Waals surface area contributed by atoms with Crippen molar-refractivity contribution in [3.8, 4) is 11.4 Å². The predicted octanol–water partition coefficient (Wildman–Crippen LogP) is 2.59. The normalized spacial score (nSPS) is 10.5. The van der Waals surface area contributed by atoms with E-state index in [2.05, 4.69) is 26.2 Å². The number of amides is 1. The van der Waals surface area contributed by atoms with Crippen molar-refractivity contribution in [1.29, 1.82) is 0 Å². The lowest BCUT2D eigenvalue weighted by molar-refractivity contribution is -0.121. The monoisotopic (exact) mass is 325 g/mol. The molecular formula is C13H13BrFN3O. The summed E-state index contributed by atoms with van der Waals surface area (Å²) in [6, 6.07) is 4.65. The zero-order valence-corrected chi connectivity index (χ0v) is 11.9. The van der Waals surface area contributed by atoms with Gasteiger partial charge >= 0.3 is 0 Å². The number of imidazole rings is 1. The Kier molecular flexibility index (Phi) is 4.31. The molecule has 0 atom stereocenters. The molecule has 1 heterocycles. The molecule has 0 aliphatic carbocycles. The van der Waals surface area contributed by atoms with Crippen LogP contribution in [0.4, 0.5) is 4.39 Å². The maximum Gasteiger partial charge on any atom is 0.239 e. The third kappa shape index (κ3) is 3.20. The maximum atomic E-state index is 13.2. The molecule has 100 valence electrons. The lowest BCUT2D eigenvalue weighted by atomic mass is 10.2. The van der Waals surface area contributed by atoms with Crippen LogP contribution in [0, 0.1) is 5.82 Å². The molecule has 0 saturated heterocycles. The first-order valence-corrected chi connectivity index (χ1v) is 6.64. The molecule has 0 unspecified atom stereocenters. The van der Waals surface area contributed by atoms with Crippen LogP contribution in [0.2, 0.25) is 0 Å². The molecule has 0 saturated carbocycles. The van der Waals surface area contributed by atoms with Crippen molar-refractivity contribution in [2.45, 2.75) is 13.5 Å². The van der Waals surface area contributed by atoms with Crippen LogP contribution in [0.5, 0.6) is 0 Å². The number of likely N-dealkylation sites (N-methyl/N-ethyl adjacent to an activating group) is 1. The number of aromatic nitrogens is 2. The van der Waals surface area contributed by atoms with E-state index in [-0.39, 0.29) is 18.3 Å². The Morgan fingerprint density at radius 3 is 3.00 bits per heavy atom. The largest absolute Gasteiger partial charge is 0.355 e. The van der Waals surface area contributed by atoms with Gasteiger partial charge in [-0.05, 0) is 41.1 Å². The summed E-state index contributed by atoms with van der Waals surface area (Å²) in [5.41, 5.74) is 0.752. The topological polar surface area (TPSA) is 46.9 Å². The molecule has 19 heavy (non-hydrogen) atoms. The van der Waals surface area contributed by atoms with E-state index in [1.54, 1.807) is 29.1 Å². The summed E-state index contributed by atoms with van der Waals surface area (Å²) in [6.07, 6.45) is 3.34. The van der Waals surface area contributed by atoms with E-state index in [0.29, 0.717) is 16.8 Å². The zero-order chi connectivity index (χ0) is 13.8. The van der Waals surface area contributed by atoms with Gasteiger partial charge in [0.1, 0.15) is 18.2 Å². The molecule has 1 aromatic heterocycles. The van der Waals surface area contributed by atoms with Crippen LogP contribution < -0.4 is 5.32 Å². The number of hydrogen-bond acceptors (Lipinski definition) is 2. The highest BCUT2D eigenvalue weighted by Crippen LogP contribution is 2.24. The van der Waals surface area contributed by atoms with Crippen LogP contribution in [0.25, 0.3) is 11.4 Å². The van der Waals surface area contributed by atoms with E-state index in [9.17, 15) is 9.18 Å². The summed E-state index contributed by atoms with van der Waals surface area (Å²) in [5, 5.41) is 2.73. The Hall–Kier alpha value is -1.69. The predicted molar refractivity (Wildman–Crippen MR) is 74.0 cm³/mol. The molecule has 0 bridgehead atoms. The highest BCUT2D eigenvalue weighted by atomic mass is 79.9. The van der Waals surface area contributed by atoms with Gasteiger partial charge in [0.05, 0.1) is 4.47 Å². The molecule has 2 rings (SSSR count). The Balaban J connectivity index is 2.28. The fourth-order valence-corrected chi connectivity index (χ4v) is 2.12. The van der Waals surface area contributed by atoms with Crippen LogP contribution in [0.3, 0.4) is 0 Å². The number of hydrogen-bond donors (Lipinski definition) is 1. The van der Waals surface area contributed by atoms with Crippen molar-refractivity contribution in [3.63, 3.8) is 0 Å². The first kappa shape index (κ1) is 13.7. The van der Waals surface area contributed by atoms with Crippen molar-refractivity contribution in [3.05, 3.63) is 40.9 Å². The molecule has 0 fully saturated rings. The van der Waals surface area contributed by atoms with Gasteiger partial charge in [-0.15, -0.1) is 0 Å². The molecule has 0 aliphatic heterocycles. The average molecular weight is 326 g/mol. The lowest BCUT2D eigenvalue weighted by Gasteiger charge is -2.08. The molecule has 1 amide bonds. The van der Waals surface area contributed by atoms with Crippen molar-refractivity contribution >= 4 is 21.8 Å². The third-order valence-electron chi connectivity index (χ3n) is 2.58. The molecule has 1 N–H and O–H groups in total. The van der Waals surface area contributed by atoms with Gasteiger partial charge < -0.3 is 9.88 Å². The Labute approximate surface area is 118 Å². The van der Waals surface area contributed by atoms with Crippen molar-refractivity contribution in [2.75, 3.05) is 6.54 Å². The minimum atomic E-state index is -0.328. The summed E-state index contributed by atoms with van der Waals surface area (Å²) in [6.45, 7) is 2.65. The molecular weight excluding hydrogens is 313 g/mol. The van der Waals surface area contributed by atoms with Crippen LogP contribution in [0.1, 0.15) is 6.92 Å². The summed E-state index contributed by atoms with van der Waals surface area (Å²) in [5.74, 6) is 0.223. The summed E-state index contributed by atoms with van der Waals surface area (Å²) < 4.78 is 15.3. The van der Waals surface area contributed by atoms with Gasteiger partial charge in [0.25, 0.3) is 0 Å². The first-order valence-electron chi connectivity index (χ1n) is 5.85. The highest BCUT2D eigenvalue weighted by Gasteiger charge is 2.10. The van der Waals surface area contributed by atoms with Gasteiger partial charge in [-0.1, -0.05) is 0 Å². The van der Waals surface area contributed by atoms with Gasteiger partial charge in [0, 0.05) is 24.5 Å². The molecule has 1 aromatic carbocycles. The van der Waals surface area contributed by atoms with E-state index in [1.165, 1.54) is 6.07 Å². The highest BCUT2D eigenvalue weighted by molar-refractivity contribution is 9.10. The number of nitrogens with one attached hydrogen (secondary N) is 1. The zero-order valence-electron chi connectivity index (χ0n) is 10.4. The van der Waals surface area contributed by atoms with E-state index in [4.69, 9.17) is 0 Å². The quantitative estimate of drug-likeness (QED) is 0.939. The molecule has 4 nitrogen and oxygen atoms in total. The average Bonchev–Trinajstić information content (AvgIpc) is 2.81. The summed E-state index contributed by atoms with van der Waals surface area (Å²) in [7, 11) is 0. The standard InChI is InChI=1S/C13H13BrFN3O/c1-2-16-12(19)8-18-6-5-17-13(18)9-3-4-11(15)10(14)7-9/h3-7H,2,8H2,1H3,(H,16,19).